The largest absolute Gasteiger partial charge is 0.382 e. The van der Waals surface area contributed by atoms with E-state index in [0.29, 0.717) is 40.5 Å². The minimum atomic E-state index is -0.107. The molecule has 0 spiro atoms. The number of nitrogen functional groups attached to an aromatic ring is 1. The molecule has 0 saturated carbocycles. The Kier molecular flexibility index (Phi) is 6.02. The number of nitrogens with one attached hydrogen (secondary N) is 1. The number of nitriles is 1. The number of rotatable bonds is 5. The molecule has 160 valence electrons. The van der Waals surface area contributed by atoms with Gasteiger partial charge >= 0.3 is 0 Å². The number of likely N-dealkylation sites (tertiary alicyclic amines) is 1. The quantitative estimate of drug-likeness (QED) is 0.620. The van der Waals surface area contributed by atoms with Crippen LogP contribution in [-0.2, 0) is 6.42 Å². The molecule has 9 nitrogen and oxygen atoms in total. The predicted octanol–water partition coefficient (Wildman–Crippen LogP) is 2.22. The van der Waals surface area contributed by atoms with Gasteiger partial charge in [0.1, 0.15) is 35.4 Å². The molecule has 10 heteroatoms. The van der Waals surface area contributed by atoms with E-state index in [1.165, 1.54) is 6.33 Å². The summed E-state index contributed by atoms with van der Waals surface area (Å²) in [7, 11) is 2.08. The summed E-state index contributed by atoms with van der Waals surface area (Å²) in [5.41, 5.74) is 6.43. The third kappa shape index (κ3) is 4.17. The second kappa shape index (κ2) is 8.88. The fourth-order valence-electron chi connectivity index (χ4n) is 3.99. The van der Waals surface area contributed by atoms with Crippen LogP contribution in [0.4, 0.5) is 11.6 Å². The lowest BCUT2D eigenvalue weighted by atomic mass is 10.0. The zero-order chi connectivity index (χ0) is 22.0. The number of halogens is 1. The van der Waals surface area contributed by atoms with E-state index in [0.717, 1.165) is 25.9 Å². The van der Waals surface area contributed by atoms with Gasteiger partial charge in [-0.1, -0.05) is 17.7 Å². The van der Waals surface area contributed by atoms with Crippen molar-refractivity contribution in [3.8, 4) is 6.07 Å². The van der Waals surface area contributed by atoms with E-state index in [1.807, 2.05) is 10.6 Å². The Bertz CT molecular complexity index is 1210. The first-order valence-electron chi connectivity index (χ1n) is 10.1. The third-order valence-electron chi connectivity index (χ3n) is 5.63. The topological polar surface area (TPSA) is 126 Å². The third-order valence-corrected chi connectivity index (χ3v) is 5.95. The van der Waals surface area contributed by atoms with Gasteiger partial charge in [-0.3, -0.25) is 9.36 Å². The first kappa shape index (κ1) is 21.0. The van der Waals surface area contributed by atoms with Crippen LogP contribution in [0.2, 0.25) is 5.02 Å². The minimum Gasteiger partial charge on any atom is -0.382 e. The van der Waals surface area contributed by atoms with Crippen LogP contribution in [0.15, 0.2) is 29.3 Å². The number of piperidine rings is 1. The molecular formula is C21H23ClN8O. The Morgan fingerprint density at radius 1 is 1.32 bits per heavy atom. The number of aromatic nitrogens is 4. The Balaban J connectivity index is 1.68. The lowest BCUT2D eigenvalue weighted by Gasteiger charge is -2.31. The number of anilines is 2. The highest BCUT2D eigenvalue weighted by molar-refractivity contribution is 6.35. The molecule has 0 aliphatic carbocycles. The number of nitrogens with zero attached hydrogens (tertiary/aromatic N) is 6. The number of nitrogens with two attached hydrogens (primary N) is 1. The molecule has 1 aliphatic heterocycles. The summed E-state index contributed by atoms with van der Waals surface area (Å²) in [6.45, 7) is 2.26. The number of fused-ring (bicyclic) bond motifs is 1. The van der Waals surface area contributed by atoms with E-state index in [9.17, 15) is 10.1 Å². The van der Waals surface area contributed by atoms with Crippen LogP contribution >= 0.6 is 11.6 Å². The molecule has 2 aromatic heterocycles. The first-order chi connectivity index (χ1) is 15.0. The van der Waals surface area contributed by atoms with Crippen molar-refractivity contribution in [1.29, 1.82) is 5.26 Å². The van der Waals surface area contributed by atoms with Crippen LogP contribution in [0.1, 0.15) is 30.3 Å². The van der Waals surface area contributed by atoms with Gasteiger partial charge in [0.15, 0.2) is 0 Å². The normalized spacial score (nSPS) is 15.1. The van der Waals surface area contributed by atoms with Crippen molar-refractivity contribution in [1.82, 2.24) is 24.4 Å². The minimum absolute atomic E-state index is 0.0660. The first-order valence-corrected chi connectivity index (χ1v) is 10.5. The summed E-state index contributed by atoms with van der Waals surface area (Å²) < 4.78 is 1.81. The predicted molar refractivity (Wildman–Crippen MR) is 120 cm³/mol. The van der Waals surface area contributed by atoms with Crippen molar-refractivity contribution in [3.63, 3.8) is 0 Å². The molecule has 0 amide bonds. The maximum atomic E-state index is 13.5. The van der Waals surface area contributed by atoms with Gasteiger partial charge in [-0.25, -0.2) is 15.0 Å². The SMILES string of the molecule is CN1CCC(n2c(CCNc3ncnc(N)c3C#N)nc3cccc(Cl)c3c2=O)CC1. The molecule has 4 rings (SSSR count). The molecule has 31 heavy (non-hydrogen) atoms. The molecule has 1 saturated heterocycles. The standard InChI is InChI=1S/C21H23ClN8O/c1-29-9-6-13(7-10-29)30-17(28-16-4-2-3-15(22)18(16)21(30)31)5-8-25-20-14(11-23)19(24)26-12-27-20/h2-4,12-13H,5-10H2,1H3,(H3,24,25,26,27). The summed E-state index contributed by atoms with van der Waals surface area (Å²) >= 11 is 6.35. The fraction of sp³-hybridized carbons (Fsp3) is 0.381. The molecular weight excluding hydrogens is 416 g/mol. The monoisotopic (exact) mass is 438 g/mol. The van der Waals surface area contributed by atoms with Crippen LogP contribution in [0.25, 0.3) is 10.9 Å². The van der Waals surface area contributed by atoms with Crippen LogP contribution in [0, 0.1) is 11.3 Å². The van der Waals surface area contributed by atoms with Gasteiger partial charge in [-0.05, 0) is 45.1 Å². The zero-order valence-electron chi connectivity index (χ0n) is 17.2. The molecule has 3 heterocycles. The second-order valence-electron chi connectivity index (χ2n) is 7.64. The lowest BCUT2D eigenvalue weighted by Crippen LogP contribution is -2.37. The van der Waals surface area contributed by atoms with Crippen LogP contribution in [-0.4, -0.2) is 51.1 Å². The Labute approximate surface area is 184 Å². The summed E-state index contributed by atoms with van der Waals surface area (Å²) in [4.78, 5) is 28.4. The molecule has 1 aliphatic rings. The van der Waals surface area contributed by atoms with Crippen molar-refractivity contribution in [2.75, 3.05) is 37.7 Å². The molecule has 0 atom stereocenters. The van der Waals surface area contributed by atoms with Crippen molar-refractivity contribution >= 4 is 34.1 Å². The summed E-state index contributed by atoms with van der Waals surface area (Å²) in [6.07, 6.45) is 3.52. The average molecular weight is 439 g/mol. The van der Waals surface area contributed by atoms with E-state index in [1.54, 1.807) is 18.2 Å². The Hall–Kier alpha value is -3.22. The van der Waals surface area contributed by atoms with E-state index in [-0.39, 0.29) is 23.0 Å². The van der Waals surface area contributed by atoms with E-state index in [4.69, 9.17) is 22.3 Å². The fourth-order valence-corrected chi connectivity index (χ4v) is 4.24. The van der Waals surface area contributed by atoms with E-state index in [2.05, 4.69) is 27.2 Å². The molecule has 1 aromatic carbocycles. The van der Waals surface area contributed by atoms with Crippen molar-refractivity contribution in [2.45, 2.75) is 25.3 Å². The van der Waals surface area contributed by atoms with Crippen molar-refractivity contribution in [3.05, 3.63) is 51.3 Å². The van der Waals surface area contributed by atoms with E-state index >= 15 is 0 Å². The Morgan fingerprint density at radius 2 is 2.10 bits per heavy atom. The highest BCUT2D eigenvalue weighted by Crippen LogP contribution is 2.25. The summed E-state index contributed by atoms with van der Waals surface area (Å²) in [6, 6.07) is 7.40. The van der Waals surface area contributed by atoms with Crippen LogP contribution < -0.4 is 16.6 Å². The number of hydrogen-bond donors (Lipinski definition) is 2. The zero-order valence-corrected chi connectivity index (χ0v) is 17.9. The highest BCUT2D eigenvalue weighted by Gasteiger charge is 2.24. The van der Waals surface area contributed by atoms with Gasteiger partial charge in [0, 0.05) is 19.0 Å². The van der Waals surface area contributed by atoms with Crippen LogP contribution in [0.5, 0.6) is 0 Å². The Morgan fingerprint density at radius 3 is 2.84 bits per heavy atom. The molecule has 1 fully saturated rings. The molecule has 0 radical (unpaired) electrons. The van der Waals surface area contributed by atoms with E-state index < -0.39 is 0 Å². The summed E-state index contributed by atoms with van der Waals surface area (Å²) in [5.74, 6) is 1.18. The van der Waals surface area contributed by atoms with Gasteiger partial charge < -0.3 is 16.0 Å². The maximum absolute atomic E-state index is 13.5. The van der Waals surface area contributed by atoms with Gasteiger partial charge in [0.25, 0.3) is 5.56 Å². The average Bonchev–Trinajstić information content (AvgIpc) is 2.75. The molecule has 0 bridgehead atoms. The second-order valence-corrected chi connectivity index (χ2v) is 8.05. The van der Waals surface area contributed by atoms with Crippen molar-refractivity contribution < 1.29 is 0 Å². The lowest BCUT2D eigenvalue weighted by molar-refractivity contribution is 0.216. The number of benzene rings is 1. The van der Waals surface area contributed by atoms with Gasteiger partial charge in [0.05, 0.1) is 15.9 Å². The van der Waals surface area contributed by atoms with Gasteiger partial charge in [-0.15, -0.1) is 0 Å². The van der Waals surface area contributed by atoms with Crippen LogP contribution in [0.3, 0.4) is 0 Å². The highest BCUT2D eigenvalue weighted by atomic mass is 35.5. The van der Waals surface area contributed by atoms with Gasteiger partial charge in [-0.2, -0.15) is 5.26 Å². The molecule has 3 aromatic rings. The molecule has 3 N–H and O–H groups in total. The van der Waals surface area contributed by atoms with Gasteiger partial charge in [0.2, 0.25) is 0 Å². The van der Waals surface area contributed by atoms with Crippen molar-refractivity contribution in [2.24, 2.45) is 0 Å². The smallest absolute Gasteiger partial charge is 0.263 e. The maximum Gasteiger partial charge on any atom is 0.263 e. The summed E-state index contributed by atoms with van der Waals surface area (Å²) in [5, 5.41) is 13.3. The number of hydrogen-bond acceptors (Lipinski definition) is 8. The molecule has 0 unspecified atom stereocenters.